The average Bonchev–Trinajstić information content (AvgIpc) is 3.32. The van der Waals surface area contributed by atoms with Crippen LogP contribution in [0.15, 0.2) is 29.3 Å². The number of ether oxygens (including phenoxy) is 2. The highest BCUT2D eigenvalue weighted by atomic mass is 127. The maximum atomic E-state index is 5.56. The lowest BCUT2D eigenvalue weighted by molar-refractivity contribution is 0.0170. The second kappa shape index (κ2) is 14.9. The molecule has 2 aliphatic rings. The van der Waals surface area contributed by atoms with Crippen LogP contribution in [0.4, 0.5) is 0 Å². The minimum Gasteiger partial charge on any atom is -0.497 e. The summed E-state index contributed by atoms with van der Waals surface area (Å²) in [5, 5.41) is 7.02. The molecule has 2 fully saturated rings. The molecule has 0 aromatic heterocycles. The Labute approximate surface area is 205 Å². The van der Waals surface area contributed by atoms with Crippen LogP contribution in [0, 0.1) is 0 Å². The number of nitrogens with one attached hydrogen (secondary N) is 2. The first-order chi connectivity index (χ1) is 14.8. The Hall–Kier alpha value is -1.10. The zero-order valence-electron chi connectivity index (χ0n) is 19.1. The van der Waals surface area contributed by atoms with Crippen molar-refractivity contribution in [1.82, 2.24) is 20.4 Å². The van der Waals surface area contributed by atoms with Crippen LogP contribution in [0.25, 0.3) is 0 Å². The van der Waals surface area contributed by atoms with Gasteiger partial charge in [0.25, 0.3) is 0 Å². The molecule has 0 radical (unpaired) electrons. The lowest BCUT2D eigenvalue weighted by Gasteiger charge is -2.35. The lowest BCUT2D eigenvalue weighted by Crippen LogP contribution is -2.46. The fourth-order valence-corrected chi connectivity index (χ4v) is 4.26. The van der Waals surface area contributed by atoms with E-state index in [0.29, 0.717) is 0 Å². The van der Waals surface area contributed by atoms with E-state index in [9.17, 15) is 0 Å². The summed E-state index contributed by atoms with van der Waals surface area (Å²) in [7, 11) is 3.55. The van der Waals surface area contributed by atoms with Gasteiger partial charge in [-0.25, -0.2) is 0 Å². The molecule has 1 aromatic rings. The largest absolute Gasteiger partial charge is 0.497 e. The van der Waals surface area contributed by atoms with Crippen molar-refractivity contribution in [3.8, 4) is 5.75 Å². The van der Waals surface area contributed by atoms with Crippen molar-refractivity contribution in [2.75, 3.05) is 73.2 Å². The number of nitrogens with zero attached hydrogens (tertiary/aromatic N) is 3. The summed E-state index contributed by atoms with van der Waals surface area (Å²) in [6, 6.07) is 8.67. The van der Waals surface area contributed by atoms with Gasteiger partial charge < -0.3 is 25.0 Å². The normalized spacial score (nSPS) is 19.0. The number of guanidine groups is 1. The van der Waals surface area contributed by atoms with Crippen LogP contribution in [-0.4, -0.2) is 88.9 Å². The minimum atomic E-state index is 0. The van der Waals surface area contributed by atoms with Crippen molar-refractivity contribution in [1.29, 1.82) is 0 Å². The van der Waals surface area contributed by atoms with Crippen molar-refractivity contribution in [2.45, 2.75) is 31.7 Å². The topological polar surface area (TPSA) is 61.4 Å². The molecule has 7 nitrogen and oxygen atoms in total. The number of rotatable bonds is 10. The highest BCUT2D eigenvalue weighted by Crippen LogP contribution is 2.23. The third kappa shape index (κ3) is 8.75. The van der Waals surface area contributed by atoms with Gasteiger partial charge >= 0.3 is 0 Å². The highest BCUT2D eigenvalue weighted by molar-refractivity contribution is 14.0. The van der Waals surface area contributed by atoms with Gasteiger partial charge in [-0.05, 0) is 63.0 Å². The summed E-state index contributed by atoms with van der Waals surface area (Å²) in [4.78, 5) is 9.49. The van der Waals surface area contributed by atoms with Crippen molar-refractivity contribution < 1.29 is 9.47 Å². The van der Waals surface area contributed by atoms with Crippen LogP contribution in [0.1, 0.15) is 37.3 Å². The van der Waals surface area contributed by atoms with Gasteiger partial charge in [0, 0.05) is 33.2 Å². The van der Waals surface area contributed by atoms with E-state index in [1.54, 1.807) is 7.11 Å². The molecule has 2 aliphatic heterocycles. The minimum absolute atomic E-state index is 0. The molecule has 3 rings (SSSR count). The molecule has 0 amide bonds. The van der Waals surface area contributed by atoms with Gasteiger partial charge in [0.1, 0.15) is 5.75 Å². The second-order valence-corrected chi connectivity index (χ2v) is 8.07. The molecule has 31 heavy (non-hydrogen) atoms. The number of likely N-dealkylation sites (tertiary alicyclic amines) is 1. The Balaban J connectivity index is 0.00000341. The van der Waals surface area contributed by atoms with Gasteiger partial charge in [-0.2, -0.15) is 0 Å². The van der Waals surface area contributed by atoms with Crippen LogP contribution in [-0.2, 0) is 4.74 Å². The molecule has 0 saturated carbocycles. The van der Waals surface area contributed by atoms with Crippen LogP contribution < -0.4 is 15.4 Å². The summed E-state index contributed by atoms with van der Waals surface area (Å²) in [5.41, 5.74) is 1.28. The highest BCUT2D eigenvalue weighted by Gasteiger charge is 2.23. The number of benzene rings is 1. The number of methoxy groups -OCH3 is 1. The SMILES string of the molecule is CN=C(NCCCCN1CCCC1)NCC(c1ccc(OC)cc1)N1CCOCC1.I. The predicted octanol–water partition coefficient (Wildman–Crippen LogP) is 2.73. The van der Waals surface area contributed by atoms with Crippen molar-refractivity contribution in [3.63, 3.8) is 0 Å². The summed E-state index contributed by atoms with van der Waals surface area (Å²) in [6.45, 7) is 9.02. The average molecular weight is 546 g/mol. The summed E-state index contributed by atoms with van der Waals surface area (Å²) < 4.78 is 10.9. The fraction of sp³-hybridized carbons (Fsp3) is 0.696. The number of hydrogen-bond donors (Lipinski definition) is 2. The molecule has 1 unspecified atom stereocenters. The number of morpholine rings is 1. The first-order valence-electron chi connectivity index (χ1n) is 11.4. The maximum Gasteiger partial charge on any atom is 0.191 e. The van der Waals surface area contributed by atoms with E-state index < -0.39 is 0 Å². The van der Waals surface area contributed by atoms with E-state index in [4.69, 9.17) is 9.47 Å². The van der Waals surface area contributed by atoms with E-state index in [0.717, 1.165) is 51.1 Å². The molecule has 0 bridgehead atoms. The van der Waals surface area contributed by atoms with Gasteiger partial charge in [-0.3, -0.25) is 9.89 Å². The molecule has 0 spiro atoms. The predicted molar refractivity (Wildman–Crippen MR) is 138 cm³/mol. The molecule has 8 heteroatoms. The Kier molecular flexibility index (Phi) is 12.5. The zero-order valence-corrected chi connectivity index (χ0v) is 21.5. The first-order valence-corrected chi connectivity index (χ1v) is 11.4. The van der Waals surface area contributed by atoms with Gasteiger partial charge in [0.2, 0.25) is 0 Å². The molecular weight excluding hydrogens is 505 g/mol. The lowest BCUT2D eigenvalue weighted by atomic mass is 10.0. The van der Waals surface area contributed by atoms with Crippen molar-refractivity contribution in [2.24, 2.45) is 4.99 Å². The Morgan fingerprint density at radius 2 is 1.77 bits per heavy atom. The Bertz CT molecular complexity index is 631. The van der Waals surface area contributed by atoms with Crippen LogP contribution >= 0.6 is 24.0 Å². The van der Waals surface area contributed by atoms with E-state index in [2.05, 4.69) is 37.6 Å². The van der Waals surface area contributed by atoms with Gasteiger partial charge in [-0.15, -0.1) is 24.0 Å². The second-order valence-electron chi connectivity index (χ2n) is 8.07. The van der Waals surface area contributed by atoms with Crippen LogP contribution in [0.5, 0.6) is 5.75 Å². The van der Waals surface area contributed by atoms with Gasteiger partial charge in [0.15, 0.2) is 5.96 Å². The van der Waals surface area contributed by atoms with Crippen LogP contribution in [0.2, 0.25) is 0 Å². The fourth-order valence-electron chi connectivity index (χ4n) is 4.26. The third-order valence-corrected chi connectivity index (χ3v) is 6.07. The molecule has 2 heterocycles. The molecule has 176 valence electrons. The van der Waals surface area contributed by atoms with Gasteiger partial charge in [0.05, 0.1) is 26.4 Å². The zero-order chi connectivity index (χ0) is 21.0. The Morgan fingerprint density at radius 3 is 2.42 bits per heavy atom. The van der Waals surface area contributed by atoms with Crippen molar-refractivity contribution in [3.05, 3.63) is 29.8 Å². The van der Waals surface area contributed by atoms with Gasteiger partial charge in [-0.1, -0.05) is 12.1 Å². The number of hydrogen-bond acceptors (Lipinski definition) is 5. The third-order valence-electron chi connectivity index (χ3n) is 6.07. The molecule has 0 aliphatic carbocycles. The van der Waals surface area contributed by atoms with Crippen LogP contribution in [0.3, 0.4) is 0 Å². The molecule has 1 aromatic carbocycles. The smallest absolute Gasteiger partial charge is 0.191 e. The van der Waals surface area contributed by atoms with E-state index in [-0.39, 0.29) is 30.0 Å². The molecule has 2 saturated heterocycles. The summed E-state index contributed by atoms with van der Waals surface area (Å²) in [5.74, 6) is 1.77. The number of unbranched alkanes of at least 4 members (excludes halogenated alkanes) is 1. The van der Waals surface area contributed by atoms with E-state index in [1.807, 2.05) is 19.2 Å². The first kappa shape index (κ1) is 26.2. The molecule has 2 N–H and O–H groups in total. The van der Waals surface area contributed by atoms with E-state index >= 15 is 0 Å². The molecule has 1 atom stereocenters. The van der Waals surface area contributed by atoms with Crippen molar-refractivity contribution >= 4 is 29.9 Å². The quantitative estimate of drug-likeness (QED) is 0.204. The number of halogens is 1. The summed E-state index contributed by atoms with van der Waals surface area (Å²) >= 11 is 0. The maximum absolute atomic E-state index is 5.56. The standard InChI is InChI=1S/C23H39N5O2.HI/c1-24-23(25-11-3-4-12-27-13-5-6-14-27)26-19-22(28-15-17-30-18-16-28)20-7-9-21(29-2)10-8-20;/h7-10,22H,3-6,11-19H2,1-2H3,(H2,24,25,26);1H. The number of aliphatic imine (C=N–C) groups is 1. The molecular formula is C23H40IN5O2. The Morgan fingerprint density at radius 1 is 1.06 bits per heavy atom. The van der Waals surface area contributed by atoms with E-state index in [1.165, 1.54) is 50.9 Å². The monoisotopic (exact) mass is 545 g/mol. The summed E-state index contributed by atoms with van der Waals surface area (Å²) in [6.07, 6.45) is 5.15.